The van der Waals surface area contributed by atoms with Crippen LogP contribution in [0.4, 0.5) is 28.0 Å². The standard InChI is InChI=1S/C18H14F4N2OS/c1-11-16(26-15-7-5-13(19)6-8-15)10-23-17(25)24(11)14-4-2-3-12(9-14)18(20,21)22/h2-9H,10H2,1H3,(H,23,25). The Bertz CT molecular complexity index is 862. The fourth-order valence-electron chi connectivity index (χ4n) is 2.53. The molecule has 1 heterocycles. The molecule has 0 aliphatic carbocycles. The number of urea groups is 1. The molecule has 3 nitrogen and oxygen atoms in total. The van der Waals surface area contributed by atoms with Gasteiger partial charge in [-0.3, -0.25) is 4.90 Å². The van der Waals surface area contributed by atoms with Crippen LogP contribution in [0, 0.1) is 5.82 Å². The molecule has 0 saturated carbocycles. The average Bonchev–Trinajstić information content (AvgIpc) is 2.59. The minimum absolute atomic E-state index is 0.131. The Morgan fingerprint density at radius 3 is 2.46 bits per heavy atom. The number of alkyl halides is 3. The first-order chi connectivity index (χ1) is 12.3. The number of hydrogen-bond acceptors (Lipinski definition) is 2. The van der Waals surface area contributed by atoms with Crippen molar-refractivity contribution >= 4 is 23.5 Å². The van der Waals surface area contributed by atoms with Crippen LogP contribution in [0.2, 0.25) is 0 Å². The lowest BCUT2D eigenvalue weighted by atomic mass is 10.1. The zero-order chi connectivity index (χ0) is 18.9. The van der Waals surface area contributed by atoms with E-state index in [1.165, 1.54) is 40.9 Å². The lowest BCUT2D eigenvalue weighted by Crippen LogP contribution is -2.44. The number of rotatable bonds is 3. The Balaban J connectivity index is 1.95. The number of halogens is 4. The molecule has 26 heavy (non-hydrogen) atoms. The molecule has 1 aliphatic heterocycles. The molecular formula is C18H14F4N2OS. The highest BCUT2D eigenvalue weighted by atomic mass is 32.2. The molecule has 2 aromatic rings. The third kappa shape index (κ3) is 3.85. The van der Waals surface area contributed by atoms with Crippen LogP contribution < -0.4 is 10.2 Å². The molecule has 0 radical (unpaired) electrons. The maximum absolute atomic E-state index is 13.0. The van der Waals surface area contributed by atoms with E-state index in [-0.39, 0.29) is 18.0 Å². The van der Waals surface area contributed by atoms with Crippen molar-refractivity contribution in [3.8, 4) is 0 Å². The number of benzene rings is 2. The van der Waals surface area contributed by atoms with Gasteiger partial charge in [-0.2, -0.15) is 13.2 Å². The number of carbonyl (C=O) groups is 1. The Kier molecular flexibility index (Phi) is 4.95. The number of amides is 2. The van der Waals surface area contributed by atoms with Crippen LogP contribution in [0.1, 0.15) is 12.5 Å². The predicted molar refractivity (Wildman–Crippen MR) is 92.3 cm³/mol. The Morgan fingerprint density at radius 1 is 1.12 bits per heavy atom. The van der Waals surface area contributed by atoms with E-state index in [4.69, 9.17) is 0 Å². The van der Waals surface area contributed by atoms with Crippen LogP contribution in [-0.2, 0) is 6.18 Å². The monoisotopic (exact) mass is 382 g/mol. The van der Waals surface area contributed by atoms with Crippen molar-refractivity contribution in [2.45, 2.75) is 18.0 Å². The molecule has 0 bridgehead atoms. The van der Waals surface area contributed by atoms with Gasteiger partial charge in [0.2, 0.25) is 0 Å². The number of anilines is 1. The maximum Gasteiger partial charge on any atom is 0.416 e. The van der Waals surface area contributed by atoms with Crippen LogP contribution in [0.15, 0.2) is 64.0 Å². The van der Waals surface area contributed by atoms with Crippen molar-refractivity contribution in [1.82, 2.24) is 5.32 Å². The summed E-state index contributed by atoms with van der Waals surface area (Å²) in [6.45, 7) is 1.92. The molecule has 3 rings (SSSR count). The molecule has 0 unspecified atom stereocenters. The van der Waals surface area contributed by atoms with Gasteiger partial charge in [-0.25, -0.2) is 9.18 Å². The van der Waals surface area contributed by atoms with Gasteiger partial charge < -0.3 is 5.32 Å². The SMILES string of the molecule is CC1=C(Sc2ccc(F)cc2)CNC(=O)N1c1cccc(C(F)(F)F)c1. The maximum atomic E-state index is 13.0. The van der Waals surface area contributed by atoms with Gasteiger partial charge in [0.05, 0.1) is 17.8 Å². The topological polar surface area (TPSA) is 32.3 Å². The number of allylic oxidation sites excluding steroid dienone is 1. The van der Waals surface area contributed by atoms with E-state index >= 15 is 0 Å². The molecular weight excluding hydrogens is 368 g/mol. The smallest absolute Gasteiger partial charge is 0.333 e. The van der Waals surface area contributed by atoms with E-state index in [0.717, 1.165) is 21.9 Å². The summed E-state index contributed by atoms with van der Waals surface area (Å²) in [5.74, 6) is -0.359. The molecule has 1 N–H and O–H groups in total. The summed E-state index contributed by atoms with van der Waals surface area (Å²) in [6.07, 6.45) is -4.49. The van der Waals surface area contributed by atoms with Crippen molar-refractivity contribution in [3.05, 3.63) is 70.5 Å². The molecule has 0 atom stereocenters. The van der Waals surface area contributed by atoms with Gasteiger partial charge in [0.15, 0.2) is 0 Å². The van der Waals surface area contributed by atoms with Crippen LogP contribution in [0.5, 0.6) is 0 Å². The first-order valence-electron chi connectivity index (χ1n) is 7.64. The molecule has 8 heteroatoms. The van der Waals surface area contributed by atoms with Crippen molar-refractivity contribution in [2.24, 2.45) is 0 Å². The summed E-state index contributed by atoms with van der Waals surface area (Å²) in [4.78, 5) is 15.0. The second kappa shape index (κ2) is 7.03. The van der Waals surface area contributed by atoms with Gasteiger partial charge in [0.25, 0.3) is 0 Å². The second-order valence-corrected chi connectivity index (χ2v) is 6.78. The molecule has 0 spiro atoms. The predicted octanol–water partition coefficient (Wildman–Crippen LogP) is 5.40. The van der Waals surface area contributed by atoms with Crippen LogP contribution >= 0.6 is 11.8 Å². The van der Waals surface area contributed by atoms with E-state index in [1.807, 2.05) is 0 Å². The number of nitrogens with zero attached hydrogens (tertiary/aromatic N) is 1. The molecule has 1 aliphatic rings. The quantitative estimate of drug-likeness (QED) is 0.721. The second-order valence-electron chi connectivity index (χ2n) is 5.61. The lowest BCUT2D eigenvalue weighted by Gasteiger charge is -2.31. The van der Waals surface area contributed by atoms with Gasteiger partial charge in [-0.15, -0.1) is 0 Å². The fourth-order valence-corrected chi connectivity index (χ4v) is 3.47. The minimum atomic E-state index is -4.49. The van der Waals surface area contributed by atoms with E-state index < -0.39 is 17.8 Å². The van der Waals surface area contributed by atoms with E-state index in [2.05, 4.69) is 5.32 Å². The average molecular weight is 382 g/mol. The van der Waals surface area contributed by atoms with Crippen molar-refractivity contribution < 1.29 is 22.4 Å². The van der Waals surface area contributed by atoms with Gasteiger partial charge in [-0.05, 0) is 49.4 Å². The van der Waals surface area contributed by atoms with Crippen LogP contribution in [0.25, 0.3) is 0 Å². The van der Waals surface area contributed by atoms with Crippen LogP contribution in [-0.4, -0.2) is 12.6 Å². The minimum Gasteiger partial charge on any atom is -0.333 e. The highest BCUT2D eigenvalue weighted by Gasteiger charge is 2.32. The number of hydrogen-bond donors (Lipinski definition) is 1. The number of carbonyl (C=O) groups excluding carboxylic acids is 1. The van der Waals surface area contributed by atoms with Gasteiger partial charge in [0.1, 0.15) is 5.82 Å². The van der Waals surface area contributed by atoms with Crippen molar-refractivity contribution in [1.29, 1.82) is 0 Å². The first-order valence-corrected chi connectivity index (χ1v) is 8.46. The van der Waals surface area contributed by atoms with E-state index in [1.54, 1.807) is 19.1 Å². The van der Waals surface area contributed by atoms with E-state index in [0.29, 0.717) is 5.70 Å². The first kappa shape index (κ1) is 18.3. The van der Waals surface area contributed by atoms with Gasteiger partial charge in [0, 0.05) is 15.5 Å². The summed E-state index contributed by atoms with van der Waals surface area (Å²) < 4.78 is 51.9. The van der Waals surface area contributed by atoms with Gasteiger partial charge in [-0.1, -0.05) is 17.8 Å². The van der Waals surface area contributed by atoms with Crippen molar-refractivity contribution in [2.75, 3.05) is 11.4 Å². The molecule has 2 amide bonds. The number of nitrogens with one attached hydrogen (secondary N) is 1. The summed E-state index contributed by atoms with van der Waals surface area (Å²) in [7, 11) is 0. The Hall–Kier alpha value is -2.48. The highest BCUT2D eigenvalue weighted by Crippen LogP contribution is 2.36. The number of thioether (sulfide) groups is 1. The highest BCUT2D eigenvalue weighted by molar-refractivity contribution is 8.03. The Morgan fingerprint density at radius 2 is 1.81 bits per heavy atom. The Labute approximate surface area is 151 Å². The van der Waals surface area contributed by atoms with Crippen molar-refractivity contribution in [3.63, 3.8) is 0 Å². The largest absolute Gasteiger partial charge is 0.416 e. The summed E-state index contributed by atoms with van der Waals surface area (Å²) in [6, 6.07) is 9.97. The zero-order valence-electron chi connectivity index (χ0n) is 13.6. The zero-order valence-corrected chi connectivity index (χ0v) is 14.4. The normalized spacial score (nSPS) is 15.3. The molecule has 2 aromatic carbocycles. The third-order valence-corrected chi connectivity index (χ3v) is 5.02. The van der Waals surface area contributed by atoms with Crippen LogP contribution in [0.3, 0.4) is 0 Å². The van der Waals surface area contributed by atoms with E-state index in [9.17, 15) is 22.4 Å². The fraction of sp³-hybridized carbons (Fsp3) is 0.167. The van der Waals surface area contributed by atoms with Gasteiger partial charge >= 0.3 is 12.2 Å². The summed E-state index contributed by atoms with van der Waals surface area (Å²) in [5.41, 5.74) is -0.164. The summed E-state index contributed by atoms with van der Waals surface area (Å²) in [5, 5.41) is 2.65. The lowest BCUT2D eigenvalue weighted by molar-refractivity contribution is -0.137. The third-order valence-electron chi connectivity index (χ3n) is 3.83. The summed E-state index contributed by atoms with van der Waals surface area (Å²) >= 11 is 1.33. The molecule has 136 valence electrons. The molecule has 0 fully saturated rings. The molecule has 0 aromatic heterocycles. The molecule has 0 saturated heterocycles.